The zero-order valence-electron chi connectivity index (χ0n) is 14.3. The SMILES string of the molecule is CCOC(=O)C(C)(C)S(=O)(=O)CC(=O)Nc1ccc(OCC)cc1. The molecule has 1 rings (SSSR count). The van der Waals surface area contributed by atoms with E-state index in [1.807, 2.05) is 6.92 Å². The normalized spacial score (nSPS) is 11.7. The van der Waals surface area contributed by atoms with E-state index in [0.717, 1.165) is 0 Å². The Balaban J connectivity index is 2.77. The number of carbonyl (C=O) groups excluding carboxylic acids is 2. The van der Waals surface area contributed by atoms with Gasteiger partial charge in [0, 0.05) is 5.69 Å². The molecule has 1 aromatic carbocycles. The van der Waals surface area contributed by atoms with Gasteiger partial charge in [0.25, 0.3) is 0 Å². The largest absolute Gasteiger partial charge is 0.494 e. The van der Waals surface area contributed by atoms with Crippen LogP contribution in [0.25, 0.3) is 0 Å². The molecule has 0 spiro atoms. The Morgan fingerprint density at radius 2 is 1.67 bits per heavy atom. The highest BCUT2D eigenvalue weighted by Crippen LogP contribution is 2.20. The van der Waals surface area contributed by atoms with E-state index in [9.17, 15) is 18.0 Å². The molecule has 134 valence electrons. The van der Waals surface area contributed by atoms with Gasteiger partial charge in [0.1, 0.15) is 11.5 Å². The summed E-state index contributed by atoms with van der Waals surface area (Å²) in [4.78, 5) is 23.8. The minimum Gasteiger partial charge on any atom is -0.494 e. The van der Waals surface area contributed by atoms with Crippen molar-refractivity contribution in [1.82, 2.24) is 0 Å². The molecule has 0 saturated heterocycles. The molecule has 0 bridgehead atoms. The van der Waals surface area contributed by atoms with Crippen LogP contribution in [0.4, 0.5) is 5.69 Å². The average molecular weight is 357 g/mol. The standard InChI is InChI=1S/C16H23NO6S/c1-5-22-13-9-7-12(8-10-13)17-14(18)11-24(20,21)16(3,4)15(19)23-6-2/h7-10H,5-6,11H2,1-4H3,(H,17,18). The van der Waals surface area contributed by atoms with Crippen LogP contribution >= 0.6 is 0 Å². The molecule has 0 saturated carbocycles. The van der Waals surface area contributed by atoms with Crippen LogP contribution in [-0.2, 0) is 24.2 Å². The maximum Gasteiger partial charge on any atom is 0.326 e. The molecule has 1 aromatic rings. The van der Waals surface area contributed by atoms with E-state index in [1.54, 1.807) is 31.2 Å². The molecule has 0 aliphatic rings. The first-order valence-electron chi connectivity index (χ1n) is 7.56. The topological polar surface area (TPSA) is 98.8 Å². The molecule has 1 N–H and O–H groups in total. The Morgan fingerprint density at radius 3 is 2.17 bits per heavy atom. The van der Waals surface area contributed by atoms with Crippen molar-refractivity contribution in [3.63, 3.8) is 0 Å². The zero-order valence-corrected chi connectivity index (χ0v) is 15.1. The molecule has 24 heavy (non-hydrogen) atoms. The van der Waals surface area contributed by atoms with E-state index in [0.29, 0.717) is 18.0 Å². The minimum atomic E-state index is -4.03. The lowest BCUT2D eigenvalue weighted by atomic mass is 10.2. The van der Waals surface area contributed by atoms with Crippen LogP contribution in [0.1, 0.15) is 27.7 Å². The molecule has 8 heteroatoms. The molecule has 0 aliphatic carbocycles. The number of nitrogens with one attached hydrogen (secondary N) is 1. The summed E-state index contributed by atoms with van der Waals surface area (Å²) >= 11 is 0. The van der Waals surface area contributed by atoms with Crippen LogP contribution in [0, 0.1) is 0 Å². The van der Waals surface area contributed by atoms with E-state index in [-0.39, 0.29) is 6.61 Å². The van der Waals surface area contributed by atoms with E-state index < -0.39 is 32.2 Å². The summed E-state index contributed by atoms with van der Waals surface area (Å²) in [5, 5.41) is 2.48. The molecule has 0 radical (unpaired) electrons. The second kappa shape index (κ2) is 8.14. The molecule has 0 aromatic heterocycles. The van der Waals surface area contributed by atoms with Gasteiger partial charge in [0.2, 0.25) is 5.91 Å². The number of rotatable bonds is 8. The van der Waals surface area contributed by atoms with Gasteiger partial charge in [-0.25, -0.2) is 8.42 Å². The number of carbonyl (C=O) groups is 2. The van der Waals surface area contributed by atoms with Crippen molar-refractivity contribution < 1.29 is 27.5 Å². The van der Waals surface area contributed by atoms with Crippen molar-refractivity contribution in [2.45, 2.75) is 32.4 Å². The Morgan fingerprint density at radius 1 is 1.08 bits per heavy atom. The van der Waals surface area contributed by atoms with Crippen LogP contribution in [0.2, 0.25) is 0 Å². The first kappa shape index (κ1) is 20.0. The maximum absolute atomic E-state index is 12.3. The highest BCUT2D eigenvalue weighted by Gasteiger charge is 2.44. The van der Waals surface area contributed by atoms with E-state index in [1.165, 1.54) is 13.8 Å². The van der Waals surface area contributed by atoms with Gasteiger partial charge in [-0.05, 0) is 52.0 Å². The first-order chi connectivity index (χ1) is 11.1. The smallest absolute Gasteiger partial charge is 0.326 e. The van der Waals surface area contributed by atoms with Crippen molar-refractivity contribution >= 4 is 27.4 Å². The summed E-state index contributed by atoms with van der Waals surface area (Å²) < 4.78 is 32.9. The number of ether oxygens (including phenoxy) is 2. The van der Waals surface area contributed by atoms with Crippen LogP contribution in [0.3, 0.4) is 0 Å². The molecule has 1 amide bonds. The summed E-state index contributed by atoms with van der Waals surface area (Å²) in [5.41, 5.74) is 0.438. The molecule has 0 heterocycles. The number of sulfone groups is 1. The molecule has 0 fully saturated rings. The number of anilines is 1. The van der Waals surface area contributed by atoms with Gasteiger partial charge in [-0.1, -0.05) is 0 Å². The fraction of sp³-hybridized carbons (Fsp3) is 0.500. The van der Waals surface area contributed by atoms with Gasteiger partial charge in [-0.2, -0.15) is 0 Å². The Labute approximate surface area is 142 Å². The summed E-state index contributed by atoms with van der Waals surface area (Å²) in [5.74, 6) is -1.77. The fourth-order valence-electron chi connectivity index (χ4n) is 1.78. The second-order valence-electron chi connectivity index (χ2n) is 5.50. The number of benzene rings is 1. The Bertz CT molecular complexity index is 679. The van der Waals surface area contributed by atoms with E-state index >= 15 is 0 Å². The van der Waals surface area contributed by atoms with Gasteiger partial charge in [-0.15, -0.1) is 0 Å². The van der Waals surface area contributed by atoms with Crippen molar-refractivity contribution in [3.8, 4) is 5.75 Å². The summed E-state index contributed by atoms with van der Waals surface area (Å²) in [6.07, 6.45) is 0. The molecular weight excluding hydrogens is 334 g/mol. The molecule has 0 unspecified atom stereocenters. The second-order valence-corrected chi connectivity index (χ2v) is 8.03. The predicted molar refractivity (Wildman–Crippen MR) is 90.7 cm³/mol. The van der Waals surface area contributed by atoms with Crippen molar-refractivity contribution in [1.29, 1.82) is 0 Å². The van der Waals surface area contributed by atoms with Gasteiger partial charge in [0.05, 0.1) is 13.2 Å². The summed E-state index contributed by atoms with van der Waals surface area (Å²) in [6.45, 7) is 6.48. The molecule has 7 nitrogen and oxygen atoms in total. The molecule has 0 aliphatic heterocycles. The monoisotopic (exact) mass is 357 g/mol. The van der Waals surface area contributed by atoms with Gasteiger partial charge < -0.3 is 14.8 Å². The first-order valence-corrected chi connectivity index (χ1v) is 9.21. The van der Waals surface area contributed by atoms with Gasteiger partial charge >= 0.3 is 5.97 Å². The Hall–Kier alpha value is -2.09. The third-order valence-electron chi connectivity index (χ3n) is 3.31. The van der Waals surface area contributed by atoms with E-state index in [2.05, 4.69) is 5.32 Å². The van der Waals surface area contributed by atoms with Gasteiger partial charge in [0.15, 0.2) is 14.6 Å². The Kier molecular flexibility index (Phi) is 6.77. The van der Waals surface area contributed by atoms with Crippen molar-refractivity contribution in [3.05, 3.63) is 24.3 Å². The van der Waals surface area contributed by atoms with Crippen LogP contribution in [-0.4, -0.2) is 44.0 Å². The fourth-order valence-corrected chi connectivity index (χ4v) is 2.87. The lowest BCUT2D eigenvalue weighted by Crippen LogP contribution is -2.45. The lowest BCUT2D eigenvalue weighted by Gasteiger charge is -2.22. The number of esters is 1. The third kappa shape index (κ3) is 4.95. The van der Waals surface area contributed by atoms with Crippen LogP contribution < -0.4 is 10.1 Å². The average Bonchev–Trinajstić information content (AvgIpc) is 2.49. The van der Waals surface area contributed by atoms with Crippen LogP contribution in [0.5, 0.6) is 5.75 Å². The molecule has 0 atom stereocenters. The maximum atomic E-state index is 12.3. The third-order valence-corrected chi connectivity index (χ3v) is 5.68. The van der Waals surface area contributed by atoms with Crippen molar-refractivity contribution in [2.75, 3.05) is 24.3 Å². The molecular formula is C16H23NO6S. The summed E-state index contributed by atoms with van der Waals surface area (Å²) in [7, 11) is -4.03. The number of hydrogen-bond donors (Lipinski definition) is 1. The highest BCUT2D eigenvalue weighted by molar-refractivity contribution is 7.94. The minimum absolute atomic E-state index is 0.0656. The van der Waals surface area contributed by atoms with E-state index in [4.69, 9.17) is 9.47 Å². The number of amides is 1. The zero-order chi connectivity index (χ0) is 18.4. The highest BCUT2D eigenvalue weighted by atomic mass is 32.2. The number of hydrogen-bond acceptors (Lipinski definition) is 6. The van der Waals surface area contributed by atoms with Crippen LogP contribution in [0.15, 0.2) is 24.3 Å². The predicted octanol–water partition coefficient (Wildman–Crippen LogP) is 1.78. The quantitative estimate of drug-likeness (QED) is 0.712. The summed E-state index contributed by atoms with van der Waals surface area (Å²) in [6, 6.07) is 6.53. The lowest BCUT2D eigenvalue weighted by molar-refractivity contribution is -0.145. The van der Waals surface area contributed by atoms with Gasteiger partial charge in [-0.3, -0.25) is 9.59 Å². The van der Waals surface area contributed by atoms with Crippen molar-refractivity contribution in [2.24, 2.45) is 0 Å².